The molecule has 0 aromatic heterocycles. The van der Waals surface area contributed by atoms with Gasteiger partial charge in [-0.3, -0.25) is 0 Å². The molecule has 200 valence electrons. The Morgan fingerprint density at radius 3 is 1.76 bits per heavy atom. The molecule has 1 atom stereocenters. The molecule has 0 amide bonds. The Morgan fingerprint density at radius 2 is 1.02 bits per heavy atom. The molecule has 7 aromatic rings. The zero-order chi connectivity index (χ0) is 27.9. The number of rotatable bonds is 5. The van der Waals surface area contributed by atoms with Crippen molar-refractivity contribution in [1.82, 2.24) is 0 Å². The van der Waals surface area contributed by atoms with Crippen LogP contribution in [-0.2, 0) is 0 Å². The normalized spacial score (nSPS) is 13.9. The summed E-state index contributed by atoms with van der Waals surface area (Å²) in [5.41, 5.74) is 7.88. The Morgan fingerprint density at radius 1 is 0.452 bits per heavy atom. The molecule has 42 heavy (non-hydrogen) atoms. The summed E-state index contributed by atoms with van der Waals surface area (Å²) < 4.78 is 6.61. The van der Waals surface area contributed by atoms with Gasteiger partial charge in [-0.25, -0.2) is 0 Å². The fourth-order valence-corrected chi connectivity index (χ4v) is 6.07. The van der Waals surface area contributed by atoms with E-state index in [1.165, 1.54) is 21.9 Å². The summed E-state index contributed by atoms with van der Waals surface area (Å²) in [4.78, 5) is 2.32. The Labute approximate surface area is 245 Å². The minimum absolute atomic E-state index is 0.223. The molecule has 3 heteroatoms. The van der Waals surface area contributed by atoms with Crippen LogP contribution in [0.4, 0.5) is 22.7 Å². The first-order valence-electron chi connectivity index (χ1n) is 14.3. The van der Waals surface area contributed by atoms with Crippen molar-refractivity contribution < 1.29 is 4.74 Å². The van der Waals surface area contributed by atoms with Crippen molar-refractivity contribution in [2.45, 2.75) is 6.23 Å². The molecule has 1 heterocycles. The lowest BCUT2D eigenvalue weighted by molar-refractivity contribution is 0.262. The topological polar surface area (TPSA) is 24.5 Å². The maximum atomic E-state index is 6.61. The van der Waals surface area contributed by atoms with E-state index in [4.69, 9.17) is 4.74 Å². The lowest BCUT2D eigenvalue weighted by Gasteiger charge is -2.26. The summed E-state index contributed by atoms with van der Waals surface area (Å²) in [5.74, 6) is 0.905. The maximum Gasteiger partial charge on any atom is 0.196 e. The maximum absolute atomic E-state index is 6.61. The van der Waals surface area contributed by atoms with Crippen molar-refractivity contribution in [3.63, 3.8) is 0 Å². The average Bonchev–Trinajstić information content (AvgIpc) is 3.53. The first-order chi connectivity index (χ1) is 20.8. The van der Waals surface area contributed by atoms with E-state index in [-0.39, 0.29) is 6.23 Å². The van der Waals surface area contributed by atoms with Gasteiger partial charge in [0, 0.05) is 33.4 Å². The molecule has 1 N–H and O–H groups in total. The van der Waals surface area contributed by atoms with Gasteiger partial charge >= 0.3 is 0 Å². The van der Waals surface area contributed by atoms with Crippen LogP contribution in [0.3, 0.4) is 0 Å². The van der Waals surface area contributed by atoms with Crippen LogP contribution in [0.1, 0.15) is 11.8 Å². The average molecular weight is 541 g/mol. The Balaban J connectivity index is 1.28. The highest BCUT2D eigenvalue weighted by atomic mass is 16.5. The number of fused-ring (bicyclic) bond motifs is 6. The van der Waals surface area contributed by atoms with Crippen LogP contribution in [0.5, 0.6) is 5.75 Å². The fourth-order valence-electron chi connectivity index (χ4n) is 6.07. The van der Waals surface area contributed by atoms with Gasteiger partial charge in [-0.1, -0.05) is 115 Å². The lowest BCUT2D eigenvalue weighted by atomic mass is 9.98. The van der Waals surface area contributed by atoms with Crippen molar-refractivity contribution >= 4 is 44.3 Å². The number of para-hydroxylation sites is 1. The van der Waals surface area contributed by atoms with E-state index in [9.17, 15) is 0 Å². The van der Waals surface area contributed by atoms with Crippen LogP contribution in [0.25, 0.3) is 32.7 Å². The molecule has 3 nitrogen and oxygen atoms in total. The SMILES string of the molecule is c1ccc(-c2ccc(N(c3ccccc3)c3ccc4c5c(c6ccccc6c4c3)NC(c3ccccc3)O5)cc2)cc1. The number of benzene rings is 7. The zero-order valence-corrected chi connectivity index (χ0v) is 22.9. The highest BCUT2D eigenvalue weighted by Crippen LogP contribution is 2.50. The van der Waals surface area contributed by atoms with E-state index in [2.05, 4.69) is 162 Å². The van der Waals surface area contributed by atoms with Gasteiger partial charge in [0.2, 0.25) is 0 Å². The largest absolute Gasteiger partial charge is 0.464 e. The smallest absolute Gasteiger partial charge is 0.196 e. The van der Waals surface area contributed by atoms with E-state index in [1.54, 1.807) is 0 Å². The van der Waals surface area contributed by atoms with Gasteiger partial charge in [0.1, 0.15) is 0 Å². The molecule has 0 fully saturated rings. The number of ether oxygens (including phenoxy) is 1. The van der Waals surface area contributed by atoms with Gasteiger partial charge in [0.15, 0.2) is 12.0 Å². The van der Waals surface area contributed by atoms with Crippen LogP contribution in [0.15, 0.2) is 158 Å². The van der Waals surface area contributed by atoms with Crippen LogP contribution >= 0.6 is 0 Å². The number of hydrogen-bond acceptors (Lipinski definition) is 3. The fraction of sp³-hybridized carbons (Fsp3) is 0.0256. The number of anilines is 4. The molecule has 0 spiro atoms. The highest BCUT2D eigenvalue weighted by Gasteiger charge is 2.28. The van der Waals surface area contributed by atoms with Gasteiger partial charge in [-0.2, -0.15) is 0 Å². The quantitative estimate of drug-likeness (QED) is 0.220. The minimum atomic E-state index is -0.223. The molecule has 7 aromatic carbocycles. The second-order valence-electron chi connectivity index (χ2n) is 10.6. The lowest BCUT2D eigenvalue weighted by Crippen LogP contribution is -2.10. The first-order valence-corrected chi connectivity index (χ1v) is 14.3. The van der Waals surface area contributed by atoms with Crippen molar-refractivity contribution in [1.29, 1.82) is 0 Å². The Hall–Kier alpha value is -5.54. The van der Waals surface area contributed by atoms with Crippen molar-refractivity contribution in [2.24, 2.45) is 0 Å². The molecule has 1 aliphatic rings. The molecule has 8 rings (SSSR count). The summed E-state index contributed by atoms with van der Waals surface area (Å²) in [6.07, 6.45) is -0.223. The molecule has 0 saturated carbocycles. The first kappa shape index (κ1) is 24.3. The van der Waals surface area contributed by atoms with Crippen LogP contribution < -0.4 is 15.0 Å². The molecule has 0 saturated heterocycles. The van der Waals surface area contributed by atoms with E-state index in [0.29, 0.717) is 0 Å². The van der Waals surface area contributed by atoms with Gasteiger partial charge in [0.05, 0.1) is 5.69 Å². The van der Waals surface area contributed by atoms with Crippen LogP contribution in [0, 0.1) is 0 Å². The monoisotopic (exact) mass is 540 g/mol. The summed E-state index contributed by atoms with van der Waals surface area (Å²) in [6, 6.07) is 55.5. The molecule has 1 aliphatic heterocycles. The molecule has 0 bridgehead atoms. The standard InChI is InChI=1S/C39H28N2O/c1-4-12-27(13-5-1)28-20-22-31(23-21-28)41(30-16-8-3-9-17-30)32-24-25-35-36(26-32)33-18-10-11-19-34(33)37-38(35)42-39(40-37)29-14-6-2-7-15-29/h1-26,39-40H. The van der Waals surface area contributed by atoms with Crippen LogP contribution in [0.2, 0.25) is 0 Å². The number of hydrogen-bond donors (Lipinski definition) is 1. The minimum Gasteiger partial charge on any atom is -0.464 e. The van der Waals surface area contributed by atoms with E-state index < -0.39 is 0 Å². The highest BCUT2D eigenvalue weighted by molar-refractivity contribution is 6.18. The van der Waals surface area contributed by atoms with Gasteiger partial charge in [-0.05, 0) is 64.4 Å². The predicted molar refractivity (Wildman–Crippen MR) is 175 cm³/mol. The summed E-state index contributed by atoms with van der Waals surface area (Å²) >= 11 is 0. The third-order valence-electron chi connectivity index (χ3n) is 8.08. The molecule has 1 unspecified atom stereocenters. The van der Waals surface area contributed by atoms with Gasteiger partial charge in [-0.15, -0.1) is 0 Å². The molecular weight excluding hydrogens is 512 g/mol. The number of nitrogens with zero attached hydrogens (tertiary/aromatic N) is 1. The third kappa shape index (κ3) is 4.15. The van der Waals surface area contributed by atoms with Crippen molar-refractivity contribution in [3.8, 4) is 16.9 Å². The van der Waals surface area contributed by atoms with E-state index in [1.807, 2.05) is 6.07 Å². The summed E-state index contributed by atoms with van der Waals surface area (Å²) in [5, 5.41) is 8.29. The third-order valence-corrected chi connectivity index (χ3v) is 8.08. The van der Waals surface area contributed by atoms with E-state index >= 15 is 0 Å². The second kappa shape index (κ2) is 10.1. The summed E-state index contributed by atoms with van der Waals surface area (Å²) in [6.45, 7) is 0. The van der Waals surface area contributed by atoms with Crippen molar-refractivity contribution in [3.05, 3.63) is 163 Å². The Bertz CT molecular complexity index is 2020. The van der Waals surface area contributed by atoms with Crippen molar-refractivity contribution in [2.75, 3.05) is 10.2 Å². The van der Waals surface area contributed by atoms with Gasteiger partial charge < -0.3 is 15.0 Å². The predicted octanol–water partition coefficient (Wildman–Crippen LogP) is 10.6. The van der Waals surface area contributed by atoms with Gasteiger partial charge in [0.25, 0.3) is 0 Å². The summed E-state index contributed by atoms with van der Waals surface area (Å²) in [7, 11) is 0. The molecule has 0 radical (unpaired) electrons. The Kier molecular flexibility index (Phi) is 5.86. The molecular formula is C39H28N2O. The zero-order valence-electron chi connectivity index (χ0n) is 22.9. The molecule has 0 aliphatic carbocycles. The van der Waals surface area contributed by atoms with E-state index in [0.717, 1.165) is 44.8 Å². The van der Waals surface area contributed by atoms with Crippen LogP contribution in [-0.4, -0.2) is 0 Å². The second-order valence-corrected chi connectivity index (χ2v) is 10.6. The number of nitrogens with one attached hydrogen (secondary N) is 1.